The molecule has 3 aromatic rings. The van der Waals surface area contributed by atoms with Crippen molar-refractivity contribution < 1.29 is 9.18 Å². The molecule has 0 aliphatic carbocycles. The second kappa shape index (κ2) is 10.6. The van der Waals surface area contributed by atoms with Crippen molar-refractivity contribution in [3.8, 4) is 0 Å². The van der Waals surface area contributed by atoms with E-state index in [4.69, 9.17) is 4.98 Å². The minimum Gasteiger partial charge on any atom is -0.341 e. The lowest BCUT2D eigenvalue weighted by molar-refractivity contribution is -0.134. The molecule has 0 spiro atoms. The number of hydrogen-bond acceptors (Lipinski definition) is 4. The average Bonchev–Trinajstić information content (AvgIpc) is 3.68. The summed E-state index contributed by atoms with van der Waals surface area (Å²) in [4.78, 5) is 22.8. The number of fused-ring (bicyclic) bond motifs is 3. The molecule has 4 aliphatic rings. The quantitative estimate of drug-likeness (QED) is 0.455. The van der Waals surface area contributed by atoms with E-state index in [2.05, 4.69) is 56.9 Å². The Bertz CT molecular complexity index is 1360. The van der Waals surface area contributed by atoms with Gasteiger partial charge in [0.2, 0.25) is 5.91 Å². The predicted molar refractivity (Wildman–Crippen MR) is 156 cm³/mol. The first kappa shape index (κ1) is 26.1. The molecule has 4 fully saturated rings. The first-order valence-electron chi connectivity index (χ1n) is 15.5. The van der Waals surface area contributed by atoms with Gasteiger partial charge in [-0.3, -0.25) is 9.69 Å². The number of carbonyl (C=O) groups is 1. The van der Waals surface area contributed by atoms with E-state index in [1.165, 1.54) is 31.2 Å². The Morgan fingerprint density at radius 3 is 2.52 bits per heavy atom. The fraction of sp³-hybridized carbons (Fsp3) is 0.576. The number of imidazole rings is 1. The number of carbonyl (C=O) groups excluding carboxylic acids is 1. The molecule has 0 radical (unpaired) electrons. The maximum Gasteiger partial charge on any atom is 0.239 e. The van der Waals surface area contributed by atoms with Gasteiger partial charge < -0.3 is 14.8 Å². The van der Waals surface area contributed by atoms with Crippen molar-refractivity contribution in [1.29, 1.82) is 0 Å². The Kier molecular flexibility index (Phi) is 6.91. The highest BCUT2D eigenvalue weighted by Gasteiger charge is 2.44. The average molecular weight is 544 g/mol. The number of hydrogen-bond donors (Lipinski definition) is 1. The Hall–Kier alpha value is -2.77. The molecule has 7 rings (SSSR count). The van der Waals surface area contributed by atoms with Gasteiger partial charge in [-0.2, -0.15) is 0 Å². The number of piperidine rings is 2. The van der Waals surface area contributed by atoms with Crippen molar-refractivity contribution in [2.45, 2.75) is 94.3 Å². The molecule has 1 unspecified atom stereocenters. The highest BCUT2D eigenvalue weighted by molar-refractivity contribution is 5.82. The van der Waals surface area contributed by atoms with Gasteiger partial charge in [0.05, 0.1) is 17.1 Å². The van der Waals surface area contributed by atoms with Crippen LogP contribution in [0.3, 0.4) is 0 Å². The molecule has 4 aliphatic heterocycles. The van der Waals surface area contributed by atoms with Gasteiger partial charge in [-0.05, 0) is 113 Å². The van der Waals surface area contributed by atoms with Crippen LogP contribution in [-0.2, 0) is 10.2 Å². The fourth-order valence-electron chi connectivity index (χ4n) is 8.56. The van der Waals surface area contributed by atoms with E-state index in [-0.39, 0.29) is 23.2 Å². The Balaban J connectivity index is 1.07. The second-order valence-electron chi connectivity index (χ2n) is 12.8. The van der Waals surface area contributed by atoms with Crippen LogP contribution in [0.25, 0.3) is 11.0 Å². The summed E-state index contributed by atoms with van der Waals surface area (Å²) in [5, 5.41) is 3.37. The van der Waals surface area contributed by atoms with Crippen LogP contribution in [0.5, 0.6) is 0 Å². The molecule has 1 N–H and O–H groups in total. The molecular weight excluding hydrogens is 501 g/mol. The maximum absolute atomic E-state index is 14.5. The number of para-hydroxylation sites is 2. The Morgan fingerprint density at radius 2 is 1.80 bits per heavy atom. The molecule has 212 valence electrons. The largest absolute Gasteiger partial charge is 0.341 e. The van der Waals surface area contributed by atoms with Crippen LogP contribution < -0.4 is 5.32 Å². The minimum absolute atomic E-state index is 0.0187. The molecule has 1 amide bonds. The number of nitrogens with one attached hydrogen (secondary N) is 1. The third-order valence-electron chi connectivity index (χ3n) is 10.7. The third-order valence-corrected chi connectivity index (χ3v) is 10.7. The predicted octanol–water partition coefficient (Wildman–Crippen LogP) is 5.35. The van der Waals surface area contributed by atoms with E-state index in [9.17, 15) is 9.18 Å². The summed E-state index contributed by atoms with van der Waals surface area (Å²) in [5.74, 6) is 1.22. The maximum atomic E-state index is 14.5. The zero-order valence-corrected chi connectivity index (χ0v) is 23.7. The fourth-order valence-corrected chi connectivity index (χ4v) is 8.56. The van der Waals surface area contributed by atoms with Gasteiger partial charge in [-0.15, -0.1) is 0 Å². The van der Waals surface area contributed by atoms with Crippen molar-refractivity contribution in [2.75, 3.05) is 26.2 Å². The lowest BCUT2D eigenvalue weighted by Crippen LogP contribution is -2.51. The monoisotopic (exact) mass is 543 g/mol. The van der Waals surface area contributed by atoms with Crippen LogP contribution in [-0.4, -0.2) is 69.6 Å². The first-order chi connectivity index (χ1) is 19.5. The summed E-state index contributed by atoms with van der Waals surface area (Å²) in [6.07, 6.45) is 9.70. The van der Waals surface area contributed by atoms with Crippen molar-refractivity contribution in [3.05, 3.63) is 65.7 Å². The molecule has 2 bridgehead atoms. The highest BCUT2D eigenvalue weighted by atomic mass is 19.1. The van der Waals surface area contributed by atoms with Gasteiger partial charge in [0, 0.05) is 31.2 Å². The molecule has 0 saturated carbocycles. The lowest BCUT2D eigenvalue weighted by atomic mass is 9.70. The SMILES string of the molecule is Cc1nc2ccccc2n1C1C[C@H]2CC[C@@H](C1)N2CCC1(c2cccc(F)c2)CCN(C(=O)[C@H]2CCCN2)CC1. The van der Waals surface area contributed by atoms with Crippen LogP contribution in [0.4, 0.5) is 4.39 Å². The number of amides is 1. The van der Waals surface area contributed by atoms with Crippen LogP contribution in [0.1, 0.15) is 75.2 Å². The minimum atomic E-state index is -0.158. The molecule has 6 nitrogen and oxygen atoms in total. The van der Waals surface area contributed by atoms with E-state index in [0.717, 1.165) is 75.2 Å². The van der Waals surface area contributed by atoms with Crippen molar-refractivity contribution >= 4 is 16.9 Å². The van der Waals surface area contributed by atoms with Crippen molar-refractivity contribution in [3.63, 3.8) is 0 Å². The van der Waals surface area contributed by atoms with Crippen molar-refractivity contribution in [1.82, 2.24) is 24.7 Å². The zero-order chi connectivity index (χ0) is 27.3. The summed E-state index contributed by atoms with van der Waals surface area (Å²) in [7, 11) is 0. The van der Waals surface area contributed by atoms with Crippen LogP contribution in [0, 0.1) is 12.7 Å². The molecule has 7 heteroatoms. The van der Waals surface area contributed by atoms with E-state index in [1.54, 1.807) is 12.1 Å². The molecule has 4 atom stereocenters. The first-order valence-corrected chi connectivity index (χ1v) is 15.5. The molecule has 2 aromatic carbocycles. The number of aryl methyl sites for hydroxylation is 1. The van der Waals surface area contributed by atoms with Gasteiger partial charge in [0.15, 0.2) is 0 Å². The number of benzene rings is 2. The zero-order valence-electron chi connectivity index (χ0n) is 23.7. The number of halogens is 1. The molecule has 5 heterocycles. The number of nitrogens with zero attached hydrogens (tertiary/aromatic N) is 4. The van der Waals surface area contributed by atoms with Crippen LogP contribution in [0.15, 0.2) is 48.5 Å². The number of rotatable bonds is 6. The van der Waals surface area contributed by atoms with Gasteiger partial charge in [-0.25, -0.2) is 9.37 Å². The summed E-state index contributed by atoms with van der Waals surface area (Å²) in [6.45, 7) is 5.65. The third kappa shape index (κ3) is 4.65. The van der Waals surface area contributed by atoms with Gasteiger partial charge >= 0.3 is 0 Å². The summed E-state index contributed by atoms with van der Waals surface area (Å²) < 4.78 is 17.0. The van der Waals surface area contributed by atoms with E-state index >= 15 is 0 Å². The van der Waals surface area contributed by atoms with Crippen molar-refractivity contribution in [2.24, 2.45) is 0 Å². The summed E-state index contributed by atoms with van der Waals surface area (Å²) >= 11 is 0. The molecular formula is C33H42FN5O. The normalized spacial score (nSPS) is 28.4. The van der Waals surface area contributed by atoms with Crippen LogP contribution >= 0.6 is 0 Å². The number of aromatic nitrogens is 2. The molecule has 40 heavy (non-hydrogen) atoms. The summed E-state index contributed by atoms with van der Waals surface area (Å²) in [6, 6.07) is 17.5. The Labute approximate surface area is 236 Å². The summed E-state index contributed by atoms with van der Waals surface area (Å²) in [5.41, 5.74) is 3.38. The lowest BCUT2D eigenvalue weighted by Gasteiger charge is -2.46. The van der Waals surface area contributed by atoms with E-state index < -0.39 is 0 Å². The Morgan fingerprint density at radius 1 is 1.02 bits per heavy atom. The second-order valence-corrected chi connectivity index (χ2v) is 12.8. The molecule has 1 aromatic heterocycles. The van der Waals surface area contributed by atoms with Crippen LogP contribution in [0.2, 0.25) is 0 Å². The topological polar surface area (TPSA) is 53.4 Å². The molecule has 4 saturated heterocycles. The van der Waals surface area contributed by atoms with Gasteiger partial charge in [0.1, 0.15) is 11.6 Å². The van der Waals surface area contributed by atoms with E-state index in [1.807, 2.05) is 6.07 Å². The smallest absolute Gasteiger partial charge is 0.239 e. The van der Waals surface area contributed by atoms with Gasteiger partial charge in [0.25, 0.3) is 0 Å². The standard InChI is InChI=1S/C33H42FN5O/c1-23-36-29-8-2-3-10-31(29)39(23)28-21-26-11-12-27(22-28)38(26)19-15-33(24-6-4-7-25(34)20-24)13-17-37(18-14-33)32(40)30-9-5-16-35-30/h2-4,6-8,10,20,26-28,30,35H,5,9,11-19,21-22H2,1H3/t26-,27+,28?,30-/m1/s1. The number of likely N-dealkylation sites (tertiary alicyclic amines) is 1. The van der Waals surface area contributed by atoms with Gasteiger partial charge in [-0.1, -0.05) is 24.3 Å². The highest BCUT2D eigenvalue weighted by Crippen LogP contribution is 2.45. The van der Waals surface area contributed by atoms with E-state index in [0.29, 0.717) is 18.1 Å².